The van der Waals surface area contributed by atoms with Crippen molar-refractivity contribution in [2.45, 2.75) is 38.5 Å². The minimum atomic E-state index is 1.18. The van der Waals surface area contributed by atoms with Crippen LogP contribution in [-0.2, 0) is 0 Å². The molecule has 0 amide bonds. The standard InChI is InChI=1S/C16H20/c1-14-9-5-2-3-8-12-16(14)13-15-10-6-4-7-11-15/h4,6-7,10-11,13H,1-3,5,8-9,12H2/b16-13-. The van der Waals surface area contributed by atoms with Gasteiger partial charge in [-0.1, -0.05) is 61.4 Å². The summed E-state index contributed by atoms with van der Waals surface area (Å²) in [5.41, 5.74) is 4.12. The van der Waals surface area contributed by atoms with E-state index in [1.165, 1.54) is 55.2 Å². The molecule has 0 radical (unpaired) electrons. The van der Waals surface area contributed by atoms with Crippen LogP contribution in [0.25, 0.3) is 6.08 Å². The highest BCUT2D eigenvalue weighted by molar-refractivity contribution is 5.57. The van der Waals surface area contributed by atoms with Crippen molar-refractivity contribution in [3.8, 4) is 0 Å². The summed E-state index contributed by atoms with van der Waals surface area (Å²) in [5, 5.41) is 0. The van der Waals surface area contributed by atoms with Crippen molar-refractivity contribution in [3.63, 3.8) is 0 Å². The van der Waals surface area contributed by atoms with Gasteiger partial charge in [-0.05, 0) is 36.8 Å². The third-order valence-corrected chi connectivity index (χ3v) is 3.27. The van der Waals surface area contributed by atoms with E-state index in [1.54, 1.807) is 0 Å². The van der Waals surface area contributed by atoms with Crippen molar-refractivity contribution < 1.29 is 0 Å². The van der Waals surface area contributed by atoms with Crippen LogP contribution >= 0.6 is 0 Å². The number of hydrogen-bond acceptors (Lipinski definition) is 0. The summed E-state index contributed by atoms with van der Waals surface area (Å²) in [5.74, 6) is 0. The Morgan fingerprint density at radius 3 is 2.31 bits per heavy atom. The van der Waals surface area contributed by atoms with Crippen LogP contribution in [0.3, 0.4) is 0 Å². The van der Waals surface area contributed by atoms with Gasteiger partial charge in [-0.25, -0.2) is 0 Å². The SMILES string of the molecule is C=C1CCCCCC/C1=C/c1ccccc1. The first-order chi connectivity index (χ1) is 7.86. The Bertz CT molecular complexity index is 370. The number of benzene rings is 1. The Balaban J connectivity index is 2.16. The molecule has 0 aliphatic heterocycles. The first kappa shape index (κ1) is 11.2. The maximum atomic E-state index is 4.23. The van der Waals surface area contributed by atoms with Gasteiger partial charge in [0.2, 0.25) is 0 Å². The molecule has 0 nitrogen and oxygen atoms in total. The zero-order valence-corrected chi connectivity index (χ0v) is 9.91. The monoisotopic (exact) mass is 212 g/mol. The molecule has 1 aliphatic carbocycles. The molecule has 16 heavy (non-hydrogen) atoms. The van der Waals surface area contributed by atoms with Gasteiger partial charge in [0.1, 0.15) is 0 Å². The predicted octanol–water partition coefficient (Wildman–Crippen LogP) is 4.98. The van der Waals surface area contributed by atoms with E-state index in [0.717, 1.165) is 0 Å². The molecule has 0 N–H and O–H groups in total. The summed E-state index contributed by atoms with van der Waals surface area (Å²) in [4.78, 5) is 0. The smallest absolute Gasteiger partial charge is 0.0254 e. The molecular weight excluding hydrogens is 192 g/mol. The van der Waals surface area contributed by atoms with Gasteiger partial charge in [0.25, 0.3) is 0 Å². The maximum Gasteiger partial charge on any atom is -0.0254 e. The van der Waals surface area contributed by atoms with E-state index in [4.69, 9.17) is 0 Å². The lowest BCUT2D eigenvalue weighted by molar-refractivity contribution is 0.616. The molecule has 0 heterocycles. The number of hydrogen-bond donors (Lipinski definition) is 0. The van der Waals surface area contributed by atoms with Gasteiger partial charge in [0, 0.05) is 0 Å². The molecule has 1 aromatic rings. The minimum absolute atomic E-state index is 1.18. The average molecular weight is 212 g/mol. The summed E-state index contributed by atoms with van der Waals surface area (Å²) in [6, 6.07) is 10.6. The molecule has 0 saturated heterocycles. The molecule has 1 aromatic carbocycles. The highest BCUT2D eigenvalue weighted by atomic mass is 14.1. The van der Waals surface area contributed by atoms with Crippen LogP contribution in [-0.4, -0.2) is 0 Å². The lowest BCUT2D eigenvalue weighted by Crippen LogP contribution is -1.95. The average Bonchev–Trinajstić information content (AvgIpc) is 2.30. The van der Waals surface area contributed by atoms with Crippen molar-refractivity contribution >= 4 is 6.08 Å². The second-order valence-electron chi connectivity index (χ2n) is 4.60. The van der Waals surface area contributed by atoms with Gasteiger partial charge in [0.05, 0.1) is 0 Å². The molecule has 1 saturated carbocycles. The summed E-state index contributed by atoms with van der Waals surface area (Å²) >= 11 is 0. The highest BCUT2D eigenvalue weighted by Gasteiger charge is 2.07. The van der Waals surface area contributed by atoms with Crippen LogP contribution in [0.5, 0.6) is 0 Å². The van der Waals surface area contributed by atoms with Crippen molar-refractivity contribution in [1.82, 2.24) is 0 Å². The van der Waals surface area contributed by atoms with E-state index in [2.05, 4.69) is 43.0 Å². The summed E-state index contributed by atoms with van der Waals surface area (Å²) in [6.45, 7) is 4.23. The molecule has 0 aromatic heterocycles. The van der Waals surface area contributed by atoms with E-state index in [0.29, 0.717) is 0 Å². The summed E-state index contributed by atoms with van der Waals surface area (Å²) in [6.07, 6.45) is 10.1. The number of rotatable bonds is 1. The zero-order valence-electron chi connectivity index (χ0n) is 9.91. The Morgan fingerprint density at radius 2 is 1.56 bits per heavy atom. The first-order valence-electron chi connectivity index (χ1n) is 6.30. The van der Waals surface area contributed by atoms with E-state index < -0.39 is 0 Å². The van der Waals surface area contributed by atoms with Crippen molar-refractivity contribution in [1.29, 1.82) is 0 Å². The Morgan fingerprint density at radius 1 is 0.875 bits per heavy atom. The highest BCUT2D eigenvalue weighted by Crippen LogP contribution is 2.27. The van der Waals surface area contributed by atoms with Gasteiger partial charge in [0.15, 0.2) is 0 Å². The van der Waals surface area contributed by atoms with Crippen LogP contribution in [0, 0.1) is 0 Å². The molecule has 0 heteroatoms. The quantitative estimate of drug-likeness (QED) is 0.616. The maximum absolute atomic E-state index is 4.23. The lowest BCUT2D eigenvalue weighted by Gasteiger charge is -2.15. The predicted molar refractivity (Wildman–Crippen MR) is 71.3 cm³/mol. The molecular formula is C16H20. The fourth-order valence-corrected chi connectivity index (χ4v) is 2.27. The Labute approximate surface area is 98.7 Å². The van der Waals surface area contributed by atoms with Crippen molar-refractivity contribution in [2.75, 3.05) is 0 Å². The van der Waals surface area contributed by atoms with Crippen LogP contribution in [0.1, 0.15) is 44.1 Å². The third-order valence-electron chi connectivity index (χ3n) is 3.27. The van der Waals surface area contributed by atoms with Gasteiger partial charge >= 0.3 is 0 Å². The summed E-state index contributed by atoms with van der Waals surface area (Å²) < 4.78 is 0. The van der Waals surface area contributed by atoms with Crippen molar-refractivity contribution in [3.05, 3.63) is 53.6 Å². The molecule has 1 fully saturated rings. The van der Waals surface area contributed by atoms with Gasteiger partial charge in [-0.15, -0.1) is 0 Å². The second-order valence-corrected chi connectivity index (χ2v) is 4.60. The molecule has 2 rings (SSSR count). The topological polar surface area (TPSA) is 0 Å². The number of allylic oxidation sites excluding steroid dienone is 2. The molecule has 84 valence electrons. The zero-order chi connectivity index (χ0) is 11.2. The lowest BCUT2D eigenvalue weighted by atomic mass is 9.91. The fourth-order valence-electron chi connectivity index (χ4n) is 2.27. The van der Waals surface area contributed by atoms with E-state index >= 15 is 0 Å². The van der Waals surface area contributed by atoms with Crippen LogP contribution in [0.4, 0.5) is 0 Å². The minimum Gasteiger partial charge on any atom is -0.0956 e. The van der Waals surface area contributed by atoms with Gasteiger partial charge < -0.3 is 0 Å². The first-order valence-corrected chi connectivity index (χ1v) is 6.30. The Kier molecular flexibility index (Phi) is 3.98. The molecule has 1 aliphatic rings. The normalized spacial score (nSPS) is 20.5. The molecule has 0 spiro atoms. The Hall–Kier alpha value is -1.30. The molecule has 0 atom stereocenters. The van der Waals surface area contributed by atoms with E-state index in [-0.39, 0.29) is 0 Å². The van der Waals surface area contributed by atoms with E-state index in [9.17, 15) is 0 Å². The second kappa shape index (κ2) is 5.69. The van der Waals surface area contributed by atoms with Gasteiger partial charge in [-0.3, -0.25) is 0 Å². The molecule has 0 bridgehead atoms. The van der Waals surface area contributed by atoms with Crippen LogP contribution < -0.4 is 0 Å². The third kappa shape index (κ3) is 3.10. The van der Waals surface area contributed by atoms with Crippen molar-refractivity contribution in [2.24, 2.45) is 0 Å². The van der Waals surface area contributed by atoms with Crippen LogP contribution in [0.2, 0.25) is 0 Å². The fraction of sp³-hybridized carbons (Fsp3) is 0.375. The van der Waals surface area contributed by atoms with E-state index in [1.807, 2.05) is 0 Å². The summed E-state index contributed by atoms with van der Waals surface area (Å²) in [7, 11) is 0. The molecule has 0 unspecified atom stereocenters. The van der Waals surface area contributed by atoms with Crippen LogP contribution in [0.15, 0.2) is 48.1 Å². The largest absolute Gasteiger partial charge is 0.0956 e. The van der Waals surface area contributed by atoms with Gasteiger partial charge in [-0.2, -0.15) is 0 Å².